The number of rotatable bonds is 12. The minimum Gasteiger partial charge on any atom is -0.256 e. The monoisotopic (exact) mass is 964 g/mol. The van der Waals surface area contributed by atoms with E-state index in [9.17, 15) is 0 Å². The van der Waals surface area contributed by atoms with Gasteiger partial charge in [0.2, 0.25) is 0 Å². The van der Waals surface area contributed by atoms with Crippen LogP contribution < -0.4 is 0 Å². The van der Waals surface area contributed by atoms with Gasteiger partial charge in [-0.1, -0.05) is 164 Å². The van der Waals surface area contributed by atoms with Crippen molar-refractivity contribution in [1.82, 2.24) is 19.9 Å². The molecule has 4 nitrogen and oxygen atoms in total. The van der Waals surface area contributed by atoms with Gasteiger partial charge in [0.25, 0.3) is 0 Å². The third kappa shape index (κ3) is 17.4. The van der Waals surface area contributed by atoms with Gasteiger partial charge in [-0.05, 0) is 184 Å². The number of hydrogen-bond acceptors (Lipinski definition) is 4. The highest BCUT2D eigenvalue weighted by molar-refractivity contribution is 5.67. The van der Waals surface area contributed by atoms with Crippen molar-refractivity contribution in [3.8, 4) is 45.0 Å². The van der Waals surface area contributed by atoms with Crippen LogP contribution in [0.2, 0.25) is 0 Å². The highest BCUT2D eigenvalue weighted by atomic mass is 14.7. The Morgan fingerprint density at radius 2 is 0.792 bits per heavy atom. The Balaban J connectivity index is 0.000000195. The minimum absolute atomic E-state index is 0.0766. The second-order valence-corrected chi connectivity index (χ2v) is 20.6. The molecule has 0 bridgehead atoms. The summed E-state index contributed by atoms with van der Waals surface area (Å²) in [6.07, 6.45) is 6.73. The number of benzene rings is 4. The first kappa shape index (κ1) is 46.5. The molecule has 72 heavy (non-hydrogen) atoms. The zero-order valence-electron chi connectivity index (χ0n) is 52.9. The SMILES string of the molecule is Cc1cc(-c2ccccc2C)ncc1CC(C)C.Cc1ccc(-c2ccc(CC(C)C)cn2)c(C)c1.[2H]C([2H])([2H])c1ccc(-c2ccc(C([2H])([2H])C(C)C)cn2)c(C)c1.[2H]C([2H])(c1cnc(-c2ccccc2C)cc1C)C(C)C. The summed E-state index contributed by atoms with van der Waals surface area (Å²) < 4.78 is 55.0. The van der Waals surface area contributed by atoms with E-state index in [0.29, 0.717) is 34.2 Å². The first-order valence-electron chi connectivity index (χ1n) is 29.2. The van der Waals surface area contributed by atoms with Crippen molar-refractivity contribution in [2.45, 2.75) is 136 Å². The fourth-order valence-corrected chi connectivity index (χ4v) is 8.47. The normalized spacial score (nSPS) is 13.0. The van der Waals surface area contributed by atoms with Gasteiger partial charge in [-0.3, -0.25) is 19.9 Å². The van der Waals surface area contributed by atoms with Gasteiger partial charge in [0.05, 0.1) is 22.8 Å². The Hall–Kier alpha value is -6.52. The lowest BCUT2D eigenvalue weighted by Gasteiger charge is -2.11. The van der Waals surface area contributed by atoms with Crippen molar-refractivity contribution in [1.29, 1.82) is 0 Å². The molecule has 0 fully saturated rings. The van der Waals surface area contributed by atoms with E-state index in [4.69, 9.17) is 9.60 Å². The van der Waals surface area contributed by atoms with E-state index < -0.39 is 19.6 Å². The van der Waals surface area contributed by atoms with Gasteiger partial charge in [-0.2, -0.15) is 0 Å². The summed E-state index contributed by atoms with van der Waals surface area (Å²) >= 11 is 0. The van der Waals surface area contributed by atoms with Crippen LogP contribution >= 0.6 is 0 Å². The molecular formula is C68H84N4. The molecule has 4 heterocycles. The quantitative estimate of drug-likeness (QED) is 0.122. The third-order valence-electron chi connectivity index (χ3n) is 12.1. The highest BCUT2D eigenvalue weighted by Gasteiger charge is 2.10. The molecule has 376 valence electrons. The standard InChI is InChI=1S/4C17H21N/c2*1-12(2)9-15-6-8-17(18-11-15)16-7-5-13(3)10-14(16)4;2*1-12(2)9-15-11-18-17(10-14(15)4)16-8-6-5-7-13(16)3/h4*5-8,10-12H,9H2,1-4H3/i3D3,9D2;;9D2;. The number of aromatic nitrogens is 4. The number of nitrogens with zero attached hydrogens (tertiary/aromatic N) is 4. The molecule has 0 saturated carbocycles. The molecule has 0 saturated heterocycles. The Kier molecular flexibility index (Phi) is 17.7. The van der Waals surface area contributed by atoms with Crippen LogP contribution in [0.1, 0.15) is 132 Å². The van der Waals surface area contributed by atoms with Crippen LogP contribution in [0.25, 0.3) is 45.0 Å². The fraction of sp³-hybridized carbons (Fsp3) is 0.353. The number of pyridine rings is 4. The molecule has 0 unspecified atom stereocenters. The van der Waals surface area contributed by atoms with Crippen molar-refractivity contribution in [3.63, 3.8) is 0 Å². The van der Waals surface area contributed by atoms with Crippen LogP contribution in [0.15, 0.2) is 146 Å². The molecule has 4 aromatic carbocycles. The predicted molar refractivity (Wildman–Crippen MR) is 311 cm³/mol. The van der Waals surface area contributed by atoms with Crippen LogP contribution in [0, 0.1) is 79.0 Å². The summed E-state index contributed by atoms with van der Waals surface area (Å²) in [6, 6.07) is 40.1. The van der Waals surface area contributed by atoms with Gasteiger partial charge in [0.1, 0.15) is 0 Å². The van der Waals surface area contributed by atoms with E-state index in [0.717, 1.165) is 52.2 Å². The lowest BCUT2D eigenvalue weighted by atomic mass is 9.98. The maximum atomic E-state index is 8.21. The summed E-state index contributed by atoms with van der Waals surface area (Å²) in [5, 5.41) is 0. The zero-order valence-corrected chi connectivity index (χ0v) is 45.9. The maximum absolute atomic E-state index is 8.21. The molecule has 0 aliphatic rings. The molecule has 4 heteroatoms. The molecule has 0 amide bonds. The summed E-state index contributed by atoms with van der Waals surface area (Å²) in [4.78, 5) is 18.1. The summed E-state index contributed by atoms with van der Waals surface area (Å²) in [6.45, 7) is 28.8. The third-order valence-corrected chi connectivity index (χ3v) is 12.1. The summed E-state index contributed by atoms with van der Waals surface area (Å²) in [7, 11) is 0. The van der Waals surface area contributed by atoms with Crippen LogP contribution in [0.5, 0.6) is 0 Å². The molecule has 0 N–H and O–H groups in total. The van der Waals surface area contributed by atoms with Gasteiger partial charge in [0, 0.05) is 56.6 Å². The molecule has 8 rings (SSSR count). The van der Waals surface area contributed by atoms with Crippen LogP contribution in [0.4, 0.5) is 0 Å². The fourth-order valence-electron chi connectivity index (χ4n) is 8.47. The lowest BCUT2D eigenvalue weighted by Crippen LogP contribution is -1.99. The second-order valence-electron chi connectivity index (χ2n) is 20.6. The van der Waals surface area contributed by atoms with Crippen molar-refractivity contribution in [3.05, 3.63) is 213 Å². The van der Waals surface area contributed by atoms with Crippen molar-refractivity contribution >= 4 is 0 Å². The molecule has 0 aliphatic heterocycles. The van der Waals surface area contributed by atoms with E-state index in [-0.39, 0.29) is 11.8 Å². The average molecular weight is 964 g/mol. The van der Waals surface area contributed by atoms with E-state index in [1.165, 1.54) is 50.1 Å². The average Bonchev–Trinajstić information content (AvgIpc) is 3.40. The maximum Gasteiger partial charge on any atom is 0.0707 e. The molecule has 4 aromatic heterocycles. The molecule has 8 aromatic rings. The molecule has 0 radical (unpaired) electrons. The lowest BCUT2D eigenvalue weighted by molar-refractivity contribution is 0.643. The number of hydrogen-bond donors (Lipinski definition) is 0. The molecule has 0 atom stereocenters. The molecule has 0 aliphatic carbocycles. The number of aryl methyl sites for hydroxylation is 8. The van der Waals surface area contributed by atoms with Gasteiger partial charge in [0.15, 0.2) is 0 Å². The van der Waals surface area contributed by atoms with Crippen LogP contribution in [-0.4, -0.2) is 19.9 Å². The van der Waals surface area contributed by atoms with Crippen molar-refractivity contribution in [2.75, 3.05) is 0 Å². The van der Waals surface area contributed by atoms with Gasteiger partial charge >= 0.3 is 0 Å². The molecule has 0 spiro atoms. The second kappa shape index (κ2) is 27.3. The van der Waals surface area contributed by atoms with E-state index in [1.54, 1.807) is 42.7 Å². The van der Waals surface area contributed by atoms with E-state index in [2.05, 4.69) is 149 Å². The van der Waals surface area contributed by atoms with Crippen LogP contribution in [-0.2, 0) is 25.6 Å². The van der Waals surface area contributed by atoms with Crippen LogP contribution in [0.3, 0.4) is 0 Å². The Morgan fingerprint density at radius 1 is 0.361 bits per heavy atom. The van der Waals surface area contributed by atoms with E-state index >= 15 is 0 Å². The minimum atomic E-state index is -2.12. The topological polar surface area (TPSA) is 51.6 Å². The smallest absolute Gasteiger partial charge is 0.0707 e. The van der Waals surface area contributed by atoms with Crippen molar-refractivity contribution < 1.29 is 9.60 Å². The first-order chi connectivity index (χ1) is 37.0. The van der Waals surface area contributed by atoms with Gasteiger partial charge < -0.3 is 0 Å². The predicted octanol–water partition coefficient (Wildman–Crippen LogP) is 18.3. The summed E-state index contributed by atoms with van der Waals surface area (Å²) in [5.74, 6) is 1.14. The largest absolute Gasteiger partial charge is 0.256 e. The molecular weight excluding hydrogens is 873 g/mol. The Morgan fingerprint density at radius 3 is 1.21 bits per heavy atom. The van der Waals surface area contributed by atoms with Gasteiger partial charge in [-0.15, -0.1) is 0 Å². The first-order valence-corrected chi connectivity index (χ1v) is 25.7. The van der Waals surface area contributed by atoms with Crippen molar-refractivity contribution in [2.24, 2.45) is 23.7 Å². The van der Waals surface area contributed by atoms with E-state index in [1.807, 2.05) is 78.2 Å². The highest BCUT2D eigenvalue weighted by Crippen LogP contribution is 2.27. The Labute approximate surface area is 445 Å². The summed E-state index contributed by atoms with van der Waals surface area (Å²) in [5.41, 5.74) is 20.6. The zero-order chi connectivity index (χ0) is 58.6. The van der Waals surface area contributed by atoms with Gasteiger partial charge in [-0.25, -0.2) is 0 Å². The Bertz CT molecular complexity index is 3250.